The Morgan fingerprint density at radius 2 is 2.15 bits per heavy atom. The maximum atomic E-state index is 12.7. The molecule has 2 aromatic rings. The van der Waals surface area contributed by atoms with Crippen molar-refractivity contribution in [3.63, 3.8) is 0 Å². The van der Waals surface area contributed by atoms with Crippen LogP contribution in [0.15, 0.2) is 18.3 Å². The summed E-state index contributed by atoms with van der Waals surface area (Å²) in [6.07, 6.45) is -3.22. The second-order valence-corrected chi connectivity index (χ2v) is 4.94. The van der Waals surface area contributed by atoms with Crippen molar-refractivity contribution >= 4 is 16.5 Å². The molecule has 20 heavy (non-hydrogen) atoms. The molecule has 9 heteroatoms. The molecule has 0 spiro atoms. The lowest BCUT2D eigenvalue weighted by atomic mass is 10.2. The second-order valence-electron chi connectivity index (χ2n) is 3.76. The van der Waals surface area contributed by atoms with Crippen LogP contribution >= 0.6 is 11.3 Å². The summed E-state index contributed by atoms with van der Waals surface area (Å²) in [5.74, 6) is -0.421. The van der Waals surface area contributed by atoms with Crippen LogP contribution in [0.1, 0.15) is 10.6 Å². The molecular formula is C11H11F3N4OS. The molecule has 0 amide bonds. The largest absolute Gasteiger partial charge is 0.475 e. The Balaban J connectivity index is 1.88. The Hall–Kier alpha value is -1.90. The summed E-state index contributed by atoms with van der Waals surface area (Å²) in [5.41, 5.74) is -0.883. The number of ether oxygens (including phenoxy) is 1. The van der Waals surface area contributed by atoms with Crippen molar-refractivity contribution in [3.05, 3.63) is 28.9 Å². The zero-order valence-corrected chi connectivity index (χ0v) is 11.3. The Morgan fingerprint density at radius 1 is 1.35 bits per heavy atom. The molecule has 0 fully saturated rings. The van der Waals surface area contributed by atoms with Gasteiger partial charge in [-0.25, -0.2) is 4.98 Å². The minimum absolute atomic E-state index is 0.0404. The highest BCUT2D eigenvalue weighted by Gasteiger charge is 2.34. The lowest BCUT2D eigenvalue weighted by Gasteiger charge is -2.12. The smallest absolute Gasteiger partial charge is 0.421 e. The number of hydrogen-bond donors (Lipinski definition) is 1. The summed E-state index contributed by atoms with van der Waals surface area (Å²) in [6.45, 7) is 2.16. The second kappa shape index (κ2) is 6.04. The first-order valence-electron chi connectivity index (χ1n) is 5.66. The molecule has 0 unspecified atom stereocenters. The van der Waals surface area contributed by atoms with E-state index in [9.17, 15) is 13.2 Å². The van der Waals surface area contributed by atoms with Crippen molar-refractivity contribution in [1.29, 1.82) is 0 Å². The Bertz CT molecular complexity index is 573. The van der Waals surface area contributed by atoms with Crippen LogP contribution in [-0.4, -0.2) is 28.3 Å². The molecule has 2 heterocycles. The van der Waals surface area contributed by atoms with Gasteiger partial charge in [0.25, 0.3) is 0 Å². The highest BCUT2D eigenvalue weighted by molar-refractivity contribution is 7.15. The third kappa shape index (κ3) is 3.80. The van der Waals surface area contributed by atoms with Gasteiger partial charge in [0, 0.05) is 6.20 Å². The summed E-state index contributed by atoms with van der Waals surface area (Å²) in [6, 6.07) is 2.15. The zero-order valence-electron chi connectivity index (χ0n) is 10.4. The number of nitrogens with zero attached hydrogens (tertiary/aromatic N) is 3. The molecule has 0 radical (unpaired) electrons. The molecular weight excluding hydrogens is 293 g/mol. The van der Waals surface area contributed by atoms with Gasteiger partial charge in [0.1, 0.15) is 17.2 Å². The van der Waals surface area contributed by atoms with Gasteiger partial charge in [-0.2, -0.15) is 13.2 Å². The van der Waals surface area contributed by atoms with Gasteiger partial charge in [-0.1, -0.05) is 11.3 Å². The topological polar surface area (TPSA) is 59.9 Å². The normalized spacial score (nSPS) is 11.4. The zero-order chi connectivity index (χ0) is 14.6. The van der Waals surface area contributed by atoms with Crippen molar-refractivity contribution in [1.82, 2.24) is 15.2 Å². The van der Waals surface area contributed by atoms with Crippen molar-refractivity contribution < 1.29 is 17.9 Å². The fraction of sp³-hybridized carbons (Fsp3) is 0.364. The molecule has 0 aliphatic rings. The number of nitrogens with one attached hydrogen (secondary N) is 1. The average molecular weight is 304 g/mol. The van der Waals surface area contributed by atoms with E-state index in [4.69, 9.17) is 4.74 Å². The number of rotatable bonds is 5. The van der Waals surface area contributed by atoms with Crippen LogP contribution in [0.4, 0.5) is 18.3 Å². The van der Waals surface area contributed by atoms with Crippen LogP contribution in [-0.2, 0) is 6.18 Å². The van der Waals surface area contributed by atoms with E-state index in [0.717, 1.165) is 11.1 Å². The maximum absolute atomic E-state index is 12.7. The first-order valence-corrected chi connectivity index (χ1v) is 6.47. The van der Waals surface area contributed by atoms with Crippen molar-refractivity contribution in [2.24, 2.45) is 0 Å². The lowest BCUT2D eigenvalue weighted by molar-refractivity contribution is -0.139. The van der Waals surface area contributed by atoms with E-state index in [1.165, 1.54) is 23.6 Å². The quantitative estimate of drug-likeness (QED) is 0.861. The van der Waals surface area contributed by atoms with E-state index < -0.39 is 17.6 Å². The Kier molecular flexibility index (Phi) is 4.38. The van der Waals surface area contributed by atoms with Crippen LogP contribution < -0.4 is 10.1 Å². The monoisotopic (exact) mass is 304 g/mol. The Labute approximate surface area is 116 Å². The molecule has 5 nitrogen and oxygen atoms in total. The number of halogens is 3. The standard InChI is InChI=1S/C11H11F3N4OS/c1-7-17-18-10(20-7)16-5-6-19-9-8(11(12,13)14)3-2-4-15-9/h2-4H,5-6H2,1H3,(H,16,18). The number of aryl methyl sites for hydroxylation is 1. The van der Waals surface area contributed by atoms with Crippen LogP contribution in [0.2, 0.25) is 0 Å². The molecule has 0 aromatic carbocycles. The summed E-state index contributed by atoms with van der Waals surface area (Å²) in [4.78, 5) is 3.60. The van der Waals surface area contributed by atoms with Crippen molar-refractivity contribution in [2.75, 3.05) is 18.5 Å². The van der Waals surface area contributed by atoms with Crippen LogP contribution in [0.25, 0.3) is 0 Å². The van der Waals surface area contributed by atoms with Crippen LogP contribution in [0.3, 0.4) is 0 Å². The van der Waals surface area contributed by atoms with Crippen molar-refractivity contribution in [2.45, 2.75) is 13.1 Å². The number of aromatic nitrogens is 3. The highest BCUT2D eigenvalue weighted by Crippen LogP contribution is 2.34. The predicted molar refractivity (Wildman–Crippen MR) is 67.9 cm³/mol. The molecule has 1 N–H and O–H groups in total. The number of anilines is 1. The first-order chi connectivity index (χ1) is 9.47. The molecule has 108 valence electrons. The lowest BCUT2D eigenvalue weighted by Crippen LogP contribution is -2.15. The highest BCUT2D eigenvalue weighted by atomic mass is 32.1. The molecule has 0 bridgehead atoms. The van der Waals surface area contributed by atoms with Gasteiger partial charge in [-0.05, 0) is 19.1 Å². The number of alkyl halides is 3. The fourth-order valence-electron chi connectivity index (χ4n) is 1.40. The average Bonchev–Trinajstić information content (AvgIpc) is 2.80. The van der Waals surface area contributed by atoms with Gasteiger partial charge >= 0.3 is 6.18 Å². The van der Waals surface area contributed by atoms with Gasteiger partial charge in [0.2, 0.25) is 11.0 Å². The number of pyridine rings is 1. The molecule has 0 atom stereocenters. The molecule has 0 aliphatic heterocycles. The van der Waals surface area contributed by atoms with E-state index in [0.29, 0.717) is 11.7 Å². The van der Waals surface area contributed by atoms with Gasteiger partial charge in [0.15, 0.2) is 0 Å². The minimum Gasteiger partial charge on any atom is -0.475 e. The van der Waals surface area contributed by atoms with Crippen molar-refractivity contribution in [3.8, 4) is 5.88 Å². The Morgan fingerprint density at radius 3 is 2.80 bits per heavy atom. The molecule has 0 aliphatic carbocycles. The SMILES string of the molecule is Cc1nnc(NCCOc2ncccc2C(F)(F)F)s1. The van der Waals surface area contributed by atoms with E-state index in [1.54, 1.807) is 0 Å². The molecule has 0 saturated heterocycles. The summed E-state index contributed by atoms with van der Waals surface area (Å²) < 4.78 is 43.1. The minimum atomic E-state index is -4.48. The summed E-state index contributed by atoms with van der Waals surface area (Å²) in [7, 11) is 0. The third-order valence-electron chi connectivity index (χ3n) is 2.22. The van der Waals surface area contributed by atoms with E-state index in [1.807, 2.05) is 6.92 Å². The maximum Gasteiger partial charge on any atom is 0.421 e. The first kappa shape index (κ1) is 14.5. The van der Waals surface area contributed by atoms with Gasteiger partial charge in [0.05, 0.1) is 6.54 Å². The molecule has 0 saturated carbocycles. The molecule has 2 aromatic heterocycles. The van der Waals surface area contributed by atoms with Crippen LogP contribution in [0, 0.1) is 6.92 Å². The molecule has 2 rings (SSSR count). The van der Waals surface area contributed by atoms with Crippen LogP contribution in [0.5, 0.6) is 5.88 Å². The van der Waals surface area contributed by atoms with Gasteiger partial charge in [-0.3, -0.25) is 0 Å². The predicted octanol–water partition coefficient (Wildman–Crippen LogP) is 2.75. The van der Waals surface area contributed by atoms with Gasteiger partial charge < -0.3 is 10.1 Å². The van der Waals surface area contributed by atoms with E-state index in [2.05, 4.69) is 20.5 Å². The van der Waals surface area contributed by atoms with Gasteiger partial charge in [-0.15, -0.1) is 10.2 Å². The third-order valence-corrected chi connectivity index (χ3v) is 3.02. The summed E-state index contributed by atoms with van der Waals surface area (Å²) >= 11 is 1.36. The summed E-state index contributed by atoms with van der Waals surface area (Å²) in [5, 5.41) is 11.9. The fourth-order valence-corrected chi connectivity index (χ4v) is 2.01. The van der Waals surface area contributed by atoms with E-state index in [-0.39, 0.29) is 6.61 Å². The number of hydrogen-bond acceptors (Lipinski definition) is 6. The van der Waals surface area contributed by atoms with E-state index >= 15 is 0 Å².